The second-order valence-corrected chi connectivity index (χ2v) is 8.67. The fraction of sp³-hybridized carbons (Fsp3) is 0.417. The van der Waals surface area contributed by atoms with E-state index in [1.807, 2.05) is 41.3 Å². The third kappa shape index (κ3) is 5.76. The van der Waals surface area contributed by atoms with Crippen LogP contribution in [0.5, 0.6) is 5.75 Å². The first-order chi connectivity index (χ1) is 14.6. The van der Waals surface area contributed by atoms with Gasteiger partial charge in [0.25, 0.3) is 5.91 Å². The van der Waals surface area contributed by atoms with Crippen LogP contribution in [0.4, 0.5) is 0 Å². The van der Waals surface area contributed by atoms with Crippen LogP contribution in [0.25, 0.3) is 0 Å². The van der Waals surface area contributed by atoms with Crippen molar-refractivity contribution < 1.29 is 14.3 Å². The van der Waals surface area contributed by atoms with E-state index in [0.29, 0.717) is 42.1 Å². The number of nitrogens with one attached hydrogen (secondary N) is 1. The van der Waals surface area contributed by atoms with Gasteiger partial charge in [-0.3, -0.25) is 9.59 Å². The van der Waals surface area contributed by atoms with Crippen LogP contribution in [0.3, 0.4) is 0 Å². The molecule has 0 spiro atoms. The Morgan fingerprint density at radius 2 is 1.77 bits per heavy atom. The fourth-order valence-electron chi connectivity index (χ4n) is 3.73. The van der Waals surface area contributed by atoms with E-state index in [-0.39, 0.29) is 11.8 Å². The molecule has 158 valence electrons. The summed E-state index contributed by atoms with van der Waals surface area (Å²) in [6, 6.07) is 15.1. The first-order valence-corrected chi connectivity index (χ1v) is 11.0. The Balaban J connectivity index is 1.25. The molecule has 1 aliphatic carbocycles. The van der Waals surface area contributed by atoms with Crippen molar-refractivity contribution in [3.8, 4) is 5.75 Å². The van der Waals surface area contributed by atoms with E-state index < -0.39 is 0 Å². The monoisotopic (exact) mass is 426 g/mol. The maximum atomic E-state index is 12.7. The largest absolute Gasteiger partial charge is 0.493 e. The summed E-state index contributed by atoms with van der Waals surface area (Å²) in [4.78, 5) is 26.7. The molecule has 0 aromatic heterocycles. The van der Waals surface area contributed by atoms with Crippen LogP contribution < -0.4 is 10.1 Å². The average molecular weight is 427 g/mol. The molecule has 0 bridgehead atoms. The Labute approximate surface area is 182 Å². The van der Waals surface area contributed by atoms with Crippen molar-refractivity contribution in [3.05, 3.63) is 64.7 Å². The number of benzene rings is 2. The third-order valence-electron chi connectivity index (χ3n) is 5.66. The van der Waals surface area contributed by atoms with Crippen LogP contribution in [-0.2, 0) is 11.2 Å². The smallest absolute Gasteiger partial charge is 0.251 e. The van der Waals surface area contributed by atoms with Crippen molar-refractivity contribution in [2.45, 2.75) is 38.1 Å². The van der Waals surface area contributed by atoms with Crippen LogP contribution in [0.15, 0.2) is 48.5 Å². The van der Waals surface area contributed by atoms with Crippen molar-refractivity contribution in [2.24, 2.45) is 5.92 Å². The second kappa shape index (κ2) is 9.52. The van der Waals surface area contributed by atoms with Crippen molar-refractivity contribution in [1.82, 2.24) is 10.2 Å². The van der Waals surface area contributed by atoms with Gasteiger partial charge in [-0.15, -0.1) is 0 Å². The first kappa shape index (κ1) is 20.7. The van der Waals surface area contributed by atoms with Gasteiger partial charge in [0.1, 0.15) is 5.75 Å². The van der Waals surface area contributed by atoms with Crippen LogP contribution in [0, 0.1) is 5.92 Å². The lowest BCUT2D eigenvalue weighted by Gasteiger charge is -2.32. The van der Waals surface area contributed by atoms with Crippen LogP contribution in [-0.4, -0.2) is 42.5 Å². The van der Waals surface area contributed by atoms with E-state index in [1.54, 1.807) is 12.1 Å². The topological polar surface area (TPSA) is 58.6 Å². The Bertz CT molecular complexity index is 878. The van der Waals surface area contributed by atoms with Gasteiger partial charge in [-0.1, -0.05) is 23.7 Å². The molecule has 1 heterocycles. The zero-order valence-electron chi connectivity index (χ0n) is 17.0. The summed E-state index contributed by atoms with van der Waals surface area (Å²) < 4.78 is 5.95. The zero-order valence-corrected chi connectivity index (χ0v) is 17.7. The lowest BCUT2D eigenvalue weighted by Crippen LogP contribution is -2.42. The average Bonchev–Trinajstić information content (AvgIpc) is 3.58. The number of amides is 2. The number of carbonyl (C=O) groups is 2. The maximum absolute atomic E-state index is 12.7. The number of hydrogen-bond donors (Lipinski definition) is 1. The number of rotatable bonds is 7. The maximum Gasteiger partial charge on any atom is 0.251 e. The molecule has 1 saturated heterocycles. The predicted molar refractivity (Wildman–Crippen MR) is 117 cm³/mol. The highest BCUT2D eigenvalue weighted by molar-refractivity contribution is 6.30. The minimum Gasteiger partial charge on any atom is -0.493 e. The number of hydrogen-bond acceptors (Lipinski definition) is 3. The van der Waals surface area contributed by atoms with Crippen molar-refractivity contribution >= 4 is 23.4 Å². The highest BCUT2D eigenvalue weighted by Gasteiger charge is 2.25. The lowest BCUT2D eigenvalue weighted by molar-refractivity contribution is -0.132. The van der Waals surface area contributed by atoms with Gasteiger partial charge in [-0.05, 0) is 67.6 Å². The van der Waals surface area contributed by atoms with Gasteiger partial charge in [0, 0.05) is 35.6 Å². The zero-order chi connectivity index (χ0) is 20.9. The Morgan fingerprint density at radius 1 is 1.03 bits per heavy atom. The fourth-order valence-corrected chi connectivity index (χ4v) is 3.86. The molecule has 2 aliphatic rings. The quantitative estimate of drug-likeness (QED) is 0.725. The van der Waals surface area contributed by atoms with Crippen molar-refractivity contribution in [2.75, 3.05) is 19.7 Å². The highest BCUT2D eigenvalue weighted by Crippen LogP contribution is 2.22. The number of carbonyl (C=O) groups excluding carboxylic acids is 2. The number of likely N-dealkylation sites (tertiary alicyclic amines) is 1. The Hall–Kier alpha value is -2.53. The van der Waals surface area contributed by atoms with Gasteiger partial charge in [0.05, 0.1) is 13.0 Å². The van der Waals surface area contributed by atoms with Gasteiger partial charge in [-0.2, -0.15) is 0 Å². The summed E-state index contributed by atoms with van der Waals surface area (Å²) in [6.45, 7) is 2.08. The molecule has 0 unspecified atom stereocenters. The molecule has 1 N–H and O–H groups in total. The molecule has 1 saturated carbocycles. The van der Waals surface area contributed by atoms with Crippen LogP contribution in [0.1, 0.15) is 41.6 Å². The number of ether oxygens (including phenoxy) is 1. The summed E-state index contributed by atoms with van der Waals surface area (Å²) in [5, 5.41) is 3.66. The van der Waals surface area contributed by atoms with E-state index in [2.05, 4.69) is 5.32 Å². The highest BCUT2D eigenvalue weighted by atomic mass is 35.5. The number of nitrogens with zero attached hydrogens (tertiary/aromatic N) is 1. The molecule has 30 heavy (non-hydrogen) atoms. The van der Waals surface area contributed by atoms with Gasteiger partial charge < -0.3 is 15.0 Å². The van der Waals surface area contributed by atoms with E-state index in [0.717, 1.165) is 43.5 Å². The molecule has 4 rings (SSSR count). The Morgan fingerprint density at radius 3 is 2.47 bits per heavy atom. The first-order valence-electron chi connectivity index (χ1n) is 10.6. The number of piperidine rings is 1. The summed E-state index contributed by atoms with van der Waals surface area (Å²) in [5.41, 5.74) is 1.64. The van der Waals surface area contributed by atoms with Gasteiger partial charge in [0.15, 0.2) is 0 Å². The molecule has 1 atom stereocenters. The molecule has 2 aromatic rings. The molecular formula is C24H27ClN2O3. The number of halogens is 1. The van der Waals surface area contributed by atoms with Crippen molar-refractivity contribution in [1.29, 1.82) is 0 Å². The second-order valence-electron chi connectivity index (χ2n) is 8.23. The SMILES string of the molecule is O=C(NC1CC1)c1ccc(OC[C@H]2CCCN(C(=O)Cc3ccc(Cl)cc3)C2)cc1. The minimum atomic E-state index is -0.0221. The molecule has 2 aromatic carbocycles. The summed E-state index contributed by atoms with van der Waals surface area (Å²) >= 11 is 5.92. The normalized spacial score (nSPS) is 18.7. The van der Waals surface area contributed by atoms with E-state index in [9.17, 15) is 9.59 Å². The van der Waals surface area contributed by atoms with Crippen molar-refractivity contribution in [3.63, 3.8) is 0 Å². The molecule has 5 nitrogen and oxygen atoms in total. The van der Waals surface area contributed by atoms with Crippen LogP contribution >= 0.6 is 11.6 Å². The summed E-state index contributed by atoms with van der Waals surface area (Å²) in [7, 11) is 0. The van der Waals surface area contributed by atoms with Gasteiger partial charge in [0.2, 0.25) is 5.91 Å². The third-order valence-corrected chi connectivity index (χ3v) is 5.91. The molecule has 2 fully saturated rings. The summed E-state index contributed by atoms with van der Waals surface area (Å²) in [5.74, 6) is 1.19. The van der Waals surface area contributed by atoms with Gasteiger partial charge >= 0.3 is 0 Å². The van der Waals surface area contributed by atoms with E-state index >= 15 is 0 Å². The lowest BCUT2D eigenvalue weighted by atomic mass is 9.98. The Kier molecular flexibility index (Phi) is 6.58. The molecule has 1 aliphatic heterocycles. The van der Waals surface area contributed by atoms with Gasteiger partial charge in [-0.25, -0.2) is 0 Å². The predicted octanol–water partition coefficient (Wildman–Crippen LogP) is 4.09. The minimum absolute atomic E-state index is 0.0221. The summed E-state index contributed by atoms with van der Waals surface area (Å²) in [6.07, 6.45) is 4.59. The van der Waals surface area contributed by atoms with E-state index in [1.165, 1.54) is 0 Å². The van der Waals surface area contributed by atoms with Crippen LogP contribution in [0.2, 0.25) is 5.02 Å². The standard InChI is InChI=1S/C24H27ClN2O3/c25-20-7-3-17(4-8-20)14-23(28)27-13-1-2-18(15-27)16-30-22-11-5-19(6-12-22)24(29)26-21-9-10-21/h3-8,11-12,18,21H,1-2,9-10,13-16H2,(H,26,29)/t18-/m0/s1. The van der Waals surface area contributed by atoms with E-state index in [4.69, 9.17) is 16.3 Å². The molecule has 6 heteroatoms. The molecule has 0 radical (unpaired) electrons. The molecule has 2 amide bonds. The molecular weight excluding hydrogens is 400 g/mol.